The molecule has 0 spiro atoms. The summed E-state index contributed by atoms with van der Waals surface area (Å²) in [6.07, 6.45) is 2.47. The van der Waals surface area contributed by atoms with E-state index in [4.69, 9.17) is 9.73 Å². The van der Waals surface area contributed by atoms with Crippen molar-refractivity contribution in [2.24, 2.45) is 10.9 Å². The minimum Gasteiger partial charge on any atom is -0.383 e. The normalized spacial score (nSPS) is 17.0. The number of thiazole rings is 1. The Kier molecular flexibility index (Phi) is 9.36. The third-order valence-corrected chi connectivity index (χ3v) is 5.61. The summed E-state index contributed by atoms with van der Waals surface area (Å²) in [5.74, 6) is 2.09. The van der Waals surface area contributed by atoms with Crippen LogP contribution in [0, 0.1) is 5.92 Å². The molecule has 2 rings (SSSR count). The van der Waals surface area contributed by atoms with Gasteiger partial charge in [0.15, 0.2) is 5.96 Å². The number of hydrogen-bond donors (Lipinski definition) is 2. The summed E-state index contributed by atoms with van der Waals surface area (Å²) in [5, 5.41) is 10.1. The number of guanidine groups is 1. The van der Waals surface area contributed by atoms with Gasteiger partial charge in [0.1, 0.15) is 5.01 Å². The molecule has 0 radical (unpaired) electrons. The standard InChI is InChI=1S/C19H35N5OS/c1-5-20-19(22-13-18-23-17(14-26-18)15(2)3)21-12-16-6-8-24(9-7-16)10-11-25-4/h14-16H,5-13H2,1-4H3,(H2,20,21,22). The Balaban J connectivity index is 1.76. The molecule has 2 N–H and O–H groups in total. The van der Waals surface area contributed by atoms with E-state index in [0.717, 1.165) is 37.2 Å². The van der Waals surface area contributed by atoms with Gasteiger partial charge in [-0.1, -0.05) is 13.8 Å². The van der Waals surface area contributed by atoms with Gasteiger partial charge in [-0.25, -0.2) is 9.98 Å². The Bertz CT molecular complexity index is 538. The van der Waals surface area contributed by atoms with E-state index in [1.165, 1.54) is 31.6 Å². The van der Waals surface area contributed by atoms with Crippen molar-refractivity contribution < 1.29 is 4.74 Å². The molecule has 0 unspecified atom stereocenters. The zero-order valence-corrected chi connectivity index (χ0v) is 17.6. The fourth-order valence-corrected chi connectivity index (χ4v) is 3.91. The van der Waals surface area contributed by atoms with Crippen molar-refractivity contribution in [2.45, 2.75) is 46.1 Å². The van der Waals surface area contributed by atoms with Gasteiger partial charge >= 0.3 is 0 Å². The van der Waals surface area contributed by atoms with Crippen LogP contribution in [0.15, 0.2) is 10.4 Å². The molecule has 0 atom stereocenters. The zero-order valence-electron chi connectivity index (χ0n) is 16.8. The maximum Gasteiger partial charge on any atom is 0.191 e. The van der Waals surface area contributed by atoms with Crippen molar-refractivity contribution in [3.8, 4) is 0 Å². The van der Waals surface area contributed by atoms with E-state index in [1.54, 1.807) is 18.4 Å². The van der Waals surface area contributed by atoms with Gasteiger partial charge in [0.05, 0.1) is 18.8 Å². The Hall–Kier alpha value is -1.18. The van der Waals surface area contributed by atoms with E-state index < -0.39 is 0 Å². The molecule has 1 aromatic heterocycles. The van der Waals surface area contributed by atoms with Gasteiger partial charge in [-0.05, 0) is 44.7 Å². The highest BCUT2D eigenvalue weighted by atomic mass is 32.1. The average molecular weight is 382 g/mol. The molecule has 0 saturated carbocycles. The van der Waals surface area contributed by atoms with Crippen LogP contribution in [0.2, 0.25) is 0 Å². The summed E-state index contributed by atoms with van der Waals surface area (Å²) in [4.78, 5) is 11.9. The number of ether oxygens (including phenoxy) is 1. The number of aliphatic imine (C=N–C) groups is 1. The topological polar surface area (TPSA) is 61.8 Å². The van der Waals surface area contributed by atoms with E-state index in [-0.39, 0.29) is 0 Å². The largest absolute Gasteiger partial charge is 0.383 e. The van der Waals surface area contributed by atoms with Crippen molar-refractivity contribution in [1.82, 2.24) is 20.5 Å². The Labute approximate surface area is 162 Å². The molecule has 2 heterocycles. The average Bonchev–Trinajstić information content (AvgIpc) is 3.12. The number of nitrogens with one attached hydrogen (secondary N) is 2. The number of rotatable bonds is 9. The molecule has 1 aromatic rings. The maximum atomic E-state index is 5.17. The van der Waals surface area contributed by atoms with Crippen LogP contribution in [0.1, 0.15) is 50.2 Å². The van der Waals surface area contributed by atoms with Gasteiger partial charge in [-0.2, -0.15) is 0 Å². The summed E-state index contributed by atoms with van der Waals surface area (Å²) in [6.45, 7) is 13.2. The summed E-state index contributed by atoms with van der Waals surface area (Å²) >= 11 is 1.70. The van der Waals surface area contributed by atoms with Gasteiger partial charge in [-0.3, -0.25) is 0 Å². The number of aromatic nitrogens is 1. The van der Waals surface area contributed by atoms with Crippen LogP contribution in [-0.4, -0.2) is 62.3 Å². The van der Waals surface area contributed by atoms with Crippen molar-refractivity contribution >= 4 is 17.3 Å². The van der Waals surface area contributed by atoms with E-state index >= 15 is 0 Å². The molecule has 26 heavy (non-hydrogen) atoms. The fraction of sp³-hybridized carbons (Fsp3) is 0.789. The lowest BCUT2D eigenvalue weighted by atomic mass is 9.97. The first-order valence-corrected chi connectivity index (χ1v) is 10.7. The lowest BCUT2D eigenvalue weighted by Gasteiger charge is -2.32. The molecule has 6 nitrogen and oxygen atoms in total. The second-order valence-corrected chi connectivity index (χ2v) is 8.12. The van der Waals surface area contributed by atoms with Crippen molar-refractivity contribution in [2.75, 3.05) is 46.4 Å². The van der Waals surface area contributed by atoms with Gasteiger partial charge in [-0.15, -0.1) is 11.3 Å². The molecule has 0 aromatic carbocycles. The monoisotopic (exact) mass is 381 g/mol. The zero-order chi connectivity index (χ0) is 18.8. The number of piperidine rings is 1. The van der Waals surface area contributed by atoms with Crippen LogP contribution in [0.3, 0.4) is 0 Å². The molecular formula is C19H35N5OS. The van der Waals surface area contributed by atoms with Gasteiger partial charge < -0.3 is 20.3 Å². The highest BCUT2D eigenvalue weighted by molar-refractivity contribution is 7.09. The minimum absolute atomic E-state index is 0.477. The third-order valence-electron chi connectivity index (χ3n) is 4.75. The number of methoxy groups -OCH3 is 1. The van der Waals surface area contributed by atoms with Crippen LogP contribution in [0.25, 0.3) is 0 Å². The summed E-state index contributed by atoms with van der Waals surface area (Å²) in [7, 11) is 1.77. The predicted octanol–water partition coefficient (Wildman–Crippen LogP) is 2.68. The molecule has 1 aliphatic heterocycles. The van der Waals surface area contributed by atoms with Gasteiger partial charge in [0.2, 0.25) is 0 Å². The van der Waals surface area contributed by atoms with E-state index in [9.17, 15) is 0 Å². The molecule has 7 heteroatoms. The quantitative estimate of drug-likeness (QED) is 0.509. The Morgan fingerprint density at radius 3 is 2.77 bits per heavy atom. The van der Waals surface area contributed by atoms with Crippen LogP contribution in [0.4, 0.5) is 0 Å². The van der Waals surface area contributed by atoms with Gasteiger partial charge in [0.25, 0.3) is 0 Å². The van der Waals surface area contributed by atoms with E-state index in [2.05, 4.69) is 46.7 Å². The molecule has 148 valence electrons. The first kappa shape index (κ1) is 21.1. The van der Waals surface area contributed by atoms with Crippen LogP contribution in [-0.2, 0) is 11.3 Å². The van der Waals surface area contributed by atoms with Crippen LogP contribution < -0.4 is 10.6 Å². The Morgan fingerprint density at radius 2 is 2.15 bits per heavy atom. The molecule has 0 bridgehead atoms. The second kappa shape index (κ2) is 11.5. The van der Waals surface area contributed by atoms with Crippen molar-refractivity contribution in [3.63, 3.8) is 0 Å². The smallest absolute Gasteiger partial charge is 0.191 e. The predicted molar refractivity (Wildman–Crippen MR) is 110 cm³/mol. The number of nitrogens with zero attached hydrogens (tertiary/aromatic N) is 3. The highest BCUT2D eigenvalue weighted by Gasteiger charge is 2.19. The molecule has 0 amide bonds. The van der Waals surface area contributed by atoms with E-state index in [0.29, 0.717) is 18.4 Å². The number of likely N-dealkylation sites (tertiary alicyclic amines) is 1. The summed E-state index contributed by atoms with van der Waals surface area (Å²) < 4.78 is 5.17. The van der Waals surface area contributed by atoms with Crippen molar-refractivity contribution in [3.05, 3.63) is 16.1 Å². The Morgan fingerprint density at radius 1 is 1.38 bits per heavy atom. The molecular weight excluding hydrogens is 346 g/mol. The first-order valence-electron chi connectivity index (χ1n) is 9.80. The first-order chi connectivity index (χ1) is 12.6. The van der Waals surface area contributed by atoms with Gasteiger partial charge in [0, 0.05) is 32.1 Å². The van der Waals surface area contributed by atoms with Crippen LogP contribution >= 0.6 is 11.3 Å². The summed E-state index contributed by atoms with van der Waals surface area (Å²) in [6, 6.07) is 0. The SMILES string of the molecule is CCNC(=NCc1nc(C(C)C)cs1)NCC1CCN(CCOC)CC1. The molecule has 1 fully saturated rings. The molecule has 1 saturated heterocycles. The second-order valence-electron chi connectivity index (χ2n) is 7.17. The number of hydrogen-bond acceptors (Lipinski definition) is 5. The third kappa shape index (κ3) is 7.21. The maximum absolute atomic E-state index is 5.17. The fourth-order valence-electron chi connectivity index (χ4n) is 3.03. The molecule has 1 aliphatic rings. The summed E-state index contributed by atoms with van der Waals surface area (Å²) in [5.41, 5.74) is 1.17. The lowest BCUT2D eigenvalue weighted by molar-refractivity contribution is 0.121. The highest BCUT2D eigenvalue weighted by Crippen LogP contribution is 2.18. The van der Waals surface area contributed by atoms with Crippen molar-refractivity contribution in [1.29, 1.82) is 0 Å². The van der Waals surface area contributed by atoms with Crippen LogP contribution in [0.5, 0.6) is 0 Å². The minimum atomic E-state index is 0.477. The lowest BCUT2D eigenvalue weighted by Crippen LogP contribution is -2.43. The van der Waals surface area contributed by atoms with E-state index in [1.807, 2.05) is 0 Å². The molecule has 0 aliphatic carbocycles.